The molecule has 3 aromatic rings. The minimum Gasteiger partial charge on any atom is -0.293 e. The van der Waals surface area contributed by atoms with Crippen LogP contribution in [0.2, 0.25) is 0 Å². The normalized spacial score (nSPS) is 11.5. The van der Waals surface area contributed by atoms with Gasteiger partial charge < -0.3 is 0 Å². The molecule has 26 heavy (non-hydrogen) atoms. The Morgan fingerprint density at radius 1 is 1.08 bits per heavy atom. The number of thioether (sulfide) groups is 1. The second kappa shape index (κ2) is 7.72. The van der Waals surface area contributed by atoms with Gasteiger partial charge in [0.1, 0.15) is 0 Å². The Hall–Kier alpha value is -1.99. The molecule has 0 radical (unpaired) electrons. The second-order valence-corrected chi connectivity index (χ2v) is 8.75. The van der Waals surface area contributed by atoms with Crippen LogP contribution in [0.3, 0.4) is 0 Å². The quantitative estimate of drug-likeness (QED) is 0.433. The van der Waals surface area contributed by atoms with Crippen LogP contribution >= 0.6 is 27.7 Å². The maximum Gasteiger partial charge on any atom is 0.214 e. The molecule has 134 valence electrons. The van der Waals surface area contributed by atoms with Crippen LogP contribution in [0.5, 0.6) is 0 Å². The molecule has 0 spiro atoms. The average molecular weight is 431 g/mol. The van der Waals surface area contributed by atoms with Gasteiger partial charge in [-0.2, -0.15) is 4.68 Å². The lowest BCUT2D eigenvalue weighted by Gasteiger charge is -2.18. The highest BCUT2D eigenvalue weighted by Gasteiger charge is 2.16. The first-order valence-corrected chi connectivity index (χ1v) is 9.93. The third-order valence-corrected chi connectivity index (χ3v) is 5.37. The fourth-order valence-corrected chi connectivity index (χ4v) is 3.43. The number of benzene rings is 2. The summed E-state index contributed by atoms with van der Waals surface area (Å²) in [5.41, 5.74) is 2.83. The van der Waals surface area contributed by atoms with E-state index in [2.05, 4.69) is 52.2 Å². The molecule has 0 unspecified atom stereocenters. The molecule has 1 aromatic heterocycles. The van der Waals surface area contributed by atoms with Gasteiger partial charge in [-0.15, -0.1) is 5.10 Å². The first-order chi connectivity index (χ1) is 12.3. The molecule has 0 saturated carbocycles. The zero-order valence-corrected chi connectivity index (χ0v) is 17.2. The van der Waals surface area contributed by atoms with Crippen molar-refractivity contribution in [2.75, 3.05) is 5.75 Å². The van der Waals surface area contributed by atoms with E-state index in [-0.39, 0.29) is 17.0 Å². The van der Waals surface area contributed by atoms with E-state index in [1.807, 2.05) is 48.5 Å². The summed E-state index contributed by atoms with van der Waals surface area (Å²) >= 11 is 4.74. The van der Waals surface area contributed by atoms with Crippen molar-refractivity contribution in [3.8, 4) is 5.69 Å². The molecule has 0 fully saturated rings. The maximum atomic E-state index is 12.5. The Bertz CT molecular complexity index is 899. The molecular formula is C19H19BrN4OS. The first-order valence-electron chi connectivity index (χ1n) is 8.15. The van der Waals surface area contributed by atoms with Gasteiger partial charge in [0, 0.05) is 10.0 Å². The van der Waals surface area contributed by atoms with Crippen LogP contribution in [0.4, 0.5) is 0 Å². The molecule has 0 saturated heterocycles. The minimum absolute atomic E-state index is 0.0563. The molecule has 0 bridgehead atoms. The summed E-state index contributed by atoms with van der Waals surface area (Å²) in [6.45, 7) is 6.46. The highest BCUT2D eigenvalue weighted by molar-refractivity contribution is 9.10. The van der Waals surface area contributed by atoms with E-state index in [4.69, 9.17) is 0 Å². The summed E-state index contributed by atoms with van der Waals surface area (Å²) in [5, 5.41) is 12.4. The van der Waals surface area contributed by atoms with Crippen molar-refractivity contribution < 1.29 is 4.79 Å². The van der Waals surface area contributed by atoms with Gasteiger partial charge >= 0.3 is 0 Å². The van der Waals surface area contributed by atoms with Crippen LogP contribution in [0.15, 0.2) is 58.2 Å². The van der Waals surface area contributed by atoms with Gasteiger partial charge in [-0.3, -0.25) is 4.79 Å². The molecule has 7 heteroatoms. The Kier molecular flexibility index (Phi) is 5.58. The molecule has 1 heterocycles. The van der Waals surface area contributed by atoms with Gasteiger partial charge in [-0.05, 0) is 45.7 Å². The molecule has 2 aromatic carbocycles. The van der Waals surface area contributed by atoms with Gasteiger partial charge in [0.15, 0.2) is 5.78 Å². The topological polar surface area (TPSA) is 60.7 Å². The molecule has 5 nitrogen and oxygen atoms in total. The number of Topliss-reactive ketones (excluding diaryl/α,β-unsaturated/α-hetero) is 1. The monoisotopic (exact) mass is 430 g/mol. The van der Waals surface area contributed by atoms with E-state index in [0.717, 1.165) is 10.2 Å². The SMILES string of the molecule is CC(C)(C)c1ccc(C(=O)CSc2nnnn2-c2ccc(Br)cc2)cc1. The first kappa shape index (κ1) is 18.8. The fourth-order valence-electron chi connectivity index (χ4n) is 2.38. The number of hydrogen-bond acceptors (Lipinski definition) is 5. The van der Waals surface area contributed by atoms with Crippen LogP contribution in [-0.2, 0) is 5.41 Å². The standard InChI is InChI=1S/C19H19BrN4OS/c1-19(2,3)14-6-4-13(5-7-14)17(25)12-26-18-21-22-23-24(18)16-10-8-15(20)9-11-16/h4-11H,12H2,1-3H3. The average Bonchev–Trinajstić information content (AvgIpc) is 3.08. The number of halogens is 1. The largest absolute Gasteiger partial charge is 0.293 e. The third kappa shape index (κ3) is 4.40. The van der Waals surface area contributed by atoms with Crippen molar-refractivity contribution in [3.05, 3.63) is 64.1 Å². The van der Waals surface area contributed by atoms with Gasteiger partial charge in [0.2, 0.25) is 5.16 Å². The second-order valence-electron chi connectivity index (χ2n) is 6.89. The number of ketones is 1. The zero-order valence-electron chi connectivity index (χ0n) is 14.8. The summed E-state index contributed by atoms with van der Waals surface area (Å²) in [6.07, 6.45) is 0. The minimum atomic E-state index is 0.0563. The number of nitrogens with zero attached hydrogens (tertiary/aromatic N) is 4. The molecule has 0 amide bonds. The number of carbonyl (C=O) groups is 1. The molecule has 0 N–H and O–H groups in total. The lowest BCUT2D eigenvalue weighted by Crippen LogP contribution is -2.11. The van der Waals surface area contributed by atoms with Crippen molar-refractivity contribution in [2.45, 2.75) is 31.3 Å². The lowest BCUT2D eigenvalue weighted by atomic mass is 9.86. The molecular weight excluding hydrogens is 412 g/mol. The summed E-state index contributed by atoms with van der Waals surface area (Å²) in [7, 11) is 0. The Morgan fingerprint density at radius 2 is 1.73 bits per heavy atom. The van der Waals surface area contributed by atoms with Crippen LogP contribution in [0.25, 0.3) is 5.69 Å². The predicted octanol–water partition coefficient (Wildman–Crippen LogP) is 4.70. The van der Waals surface area contributed by atoms with E-state index < -0.39 is 0 Å². The molecule has 0 atom stereocenters. The van der Waals surface area contributed by atoms with Crippen molar-refractivity contribution in [2.24, 2.45) is 0 Å². The summed E-state index contributed by atoms with van der Waals surface area (Å²) in [6, 6.07) is 15.5. The van der Waals surface area contributed by atoms with Crippen molar-refractivity contribution >= 4 is 33.5 Å². The zero-order chi connectivity index (χ0) is 18.7. The number of tetrazole rings is 1. The number of carbonyl (C=O) groups excluding carboxylic acids is 1. The van der Waals surface area contributed by atoms with E-state index in [1.165, 1.54) is 17.3 Å². The van der Waals surface area contributed by atoms with Gasteiger partial charge in [0.25, 0.3) is 0 Å². The Morgan fingerprint density at radius 3 is 2.35 bits per heavy atom. The Balaban J connectivity index is 1.69. The van der Waals surface area contributed by atoms with Crippen molar-refractivity contribution in [3.63, 3.8) is 0 Å². The van der Waals surface area contributed by atoms with Crippen molar-refractivity contribution in [1.82, 2.24) is 20.2 Å². The third-order valence-electron chi connectivity index (χ3n) is 3.92. The van der Waals surface area contributed by atoms with E-state index in [1.54, 1.807) is 4.68 Å². The summed E-state index contributed by atoms with van der Waals surface area (Å²) < 4.78 is 2.62. The van der Waals surface area contributed by atoms with Gasteiger partial charge in [0.05, 0.1) is 11.4 Å². The molecule has 0 aliphatic rings. The van der Waals surface area contributed by atoms with Gasteiger partial charge in [-0.25, -0.2) is 0 Å². The van der Waals surface area contributed by atoms with Crippen molar-refractivity contribution in [1.29, 1.82) is 0 Å². The fraction of sp³-hybridized carbons (Fsp3) is 0.263. The summed E-state index contributed by atoms with van der Waals surface area (Å²) in [5.74, 6) is 0.340. The summed E-state index contributed by atoms with van der Waals surface area (Å²) in [4.78, 5) is 12.5. The van der Waals surface area contributed by atoms with Crippen LogP contribution < -0.4 is 0 Å². The molecule has 0 aliphatic carbocycles. The molecule has 0 aliphatic heterocycles. The van der Waals surface area contributed by atoms with Crippen LogP contribution in [0, 0.1) is 0 Å². The van der Waals surface area contributed by atoms with Gasteiger partial charge in [-0.1, -0.05) is 72.7 Å². The van der Waals surface area contributed by atoms with E-state index in [9.17, 15) is 4.79 Å². The Labute approximate surface area is 165 Å². The van der Waals surface area contributed by atoms with Crippen LogP contribution in [0.1, 0.15) is 36.7 Å². The molecule has 3 rings (SSSR count). The van der Waals surface area contributed by atoms with E-state index >= 15 is 0 Å². The highest BCUT2D eigenvalue weighted by atomic mass is 79.9. The number of hydrogen-bond donors (Lipinski definition) is 0. The smallest absolute Gasteiger partial charge is 0.214 e. The maximum absolute atomic E-state index is 12.5. The lowest BCUT2D eigenvalue weighted by molar-refractivity contribution is 0.102. The predicted molar refractivity (Wildman–Crippen MR) is 107 cm³/mol. The highest BCUT2D eigenvalue weighted by Crippen LogP contribution is 2.24. The van der Waals surface area contributed by atoms with Crippen LogP contribution in [-0.4, -0.2) is 31.7 Å². The number of rotatable bonds is 5. The number of aromatic nitrogens is 4. The van der Waals surface area contributed by atoms with E-state index in [0.29, 0.717) is 10.7 Å².